The second-order valence-corrected chi connectivity index (χ2v) is 4.78. The molecule has 0 radical (unpaired) electrons. The summed E-state index contributed by atoms with van der Waals surface area (Å²) in [6, 6.07) is 2.21. The summed E-state index contributed by atoms with van der Waals surface area (Å²) in [7, 11) is 0. The van der Waals surface area contributed by atoms with E-state index in [0.29, 0.717) is 18.9 Å². The zero-order chi connectivity index (χ0) is 15.5. The van der Waals surface area contributed by atoms with Crippen LogP contribution in [0.4, 0.5) is 13.2 Å². The Morgan fingerprint density at radius 2 is 2.29 bits per heavy atom. The minimum Gasteiger partial charge on any atom is -0.379 e. The van der Waals surface area contributed by atoms with Gasteiger partial charge < -0.3 is 4.74 Å². The number of carbonyl (C=O) groups is 1. The fraction of sp³-hybridized carbons (Fsp3) is 0.538. The number of halogens is 3. The van der Waals surface area contributed by atoms with Crippen LogP contribution in [0.1, 0.15) is 24.6 Å². The van der Waals surface area contributed by atoms with Gasteiger partial charge in [-0.2, -0.15) is 13.2 Å². The molecule has 5 nitrogen and oxygen atoms in total. The fourth-order valence-corrected chi connectivity index (χ4v) is 2.09. The molecule has 0 saturated carbocycles. The molecule has 1 N–H and O–H groups in total. The first-order valence-corrected chi connectivity index (χ1v) is 6.51. The van der Waals surface area contributed by atoms with Crippen molar-refractivity contribution in [1.29, 1.82) is 0 Å². The lowest BCUT2D eigenvalue weighted by Gasteiger charge is -2.27. The number of ether oxygens (including phenoxy) is 1. The molecule has 1 atom stereocenters. The molecule has 1 fully saturated rings. The maximum absolute atomic E-state index is 12.4. The molecular formula is C13H16F3N3O2. The van der Waals surface area contributed by atoms with Crippen molar-refractivity contribution in [2.45, 2.75) is 32.1 Å². The van der Waals surface area contributed by atoms with Crippen molar-refractivity contribution in [2.24, 2.45) is 0 Å². The first-order valence-electron chi connectivity index (χ1n) is 6.51. The van der Waals surface area contributed by atoms with Gasteiger partial charge in [0.25, 0.3) is 0 Å². The number of pyridine rings is 1. The Kier molecular flexibility index (Phi) is 4.79. The maximum atomic E-state index is 12.4. The number of nitrogens with zero attached hydrogens (tertiary/aromatic N) is 2. The van der Waals surface area contributed by atoms with E-state index < -0.39 is 11.7 Å². The molecule has 2 heterocycles. The van der Waals surface area contributed by atoms with Crippen molar-refractivity contribution in [2.75, 3.05) is 13.2 Å². The predicted molar refractivity (Wildman–Crippen MR) is 67.8 cm³/mol. The van der Waals surface area contributed by atoms with Crippen molar-refractivity contribution in [3.05, 3.63) is 29.6 Å². The summed E-state index contributed by atoms with van der Waals surface area (Å²) in [5.41, 5.74) is 2.53. The van der Waals surface area contributed by atoms with Crippen molar-refractivity contribution in [3.8, 4) is 0 Å². The largest absolute Gasteiger partial charge is 0.417 e. The zero-order valence-electron chi connectivity index (χ0n) is 11.5. The minimum absolute atomic E-state index is 0.0584. The highest BCUT2D eigenvalue weighted by Crippen LogP contribution is 2.28. The monoisotopic (exact) mass is 303 g/mol. The number of amides is 1. The molecule has 1 amide bonds. The van der Waals surface area contributed by atoms with Crippen LogP contribution in [0.2, 0.25) is 0 Å². The highest BCUT2D eigenvalue weighted by Gasteiger charge is 2.30. The lowest BCUT2D eigenvalue weighted by Crippen LogP contribution is -2.48. The highest BCUT2D eigenvalue weighted by atomic mass is 19.4. The molecule has 0 aliphatic carbocycles. The molecule has 8 heteroatoms. The van der Waals surface area contributed by atoms with Gasteiger partial charge in [0.2, 0.25) is 5.91 Å². The third-order valence-electron chi connectivity index (χ3n) is 3.19. The first-order chi connectivity index (χ1) is 9.88. The van der Waals surface area contributed by atoms with Gasteiger partial charge in [-0.15, -0.1) is 0 Å². The van der Waals surface area contributed by atoms with Crippen molar-refractivity contribution in [1.82, 2.24) is 15.4 Å². The van der Waals surface area contributed by atoms with E-state index in [1.165, 1.54) is 18.0 Å². The molecular weight excluding hydrogens is 287 g/mol. The van der Waals surface area contributed by atoms with E-state index >= 15 is 0 Å². The average molecular weight is 303 g/mol. The van der Waals surface area contributed by atoms with Gasteiger partial charge in [-0.25, -0.2) is 5.43 Å². The van der Waals surface area contributed by atoms with E-state index in [1.54, 1.807) is 0 Å². The lowest BCUT2D eigenvalue weighted by atomic mass is 10.2. The van der Waals surface area contributed by atoms with Crippen LogP contribution in [0.15, 0.2) is 18.3 Å². The van der Waals surface area contributed by atoms with E-state index in [9.17, 15) is 18.0 Å². The number of hydrogen-bond acceptors (Lipinski definition) is 4. The van der Waals surface area contributed by atoms with Gasteiger partial charge in [0.1, 0.15) is 0 Å². The highest BCUT2D eigenvalue weighted by molar-refractivity contribution is 5.73. The molecule has 1 aliphatic rings. The quantitative estimate of drug-likeness (QED) is 0.861. The van der Waals surface area contributed by atoms with Crippen LogP contribution in [0, 0.1) is 0 Å². The topological polar surface area (TPSA) is 54.5 Å². The predicted octanol–water partition coefficient (Wildman–Crippen LogP) is 1.74. The molecule has 1 aromatic rings. The Labute approximate surface area is 120 Å². The van der Waals surface area contributed by atoms with E-state index in [4.69, 9.17) is 4.74 Å². The molecule has 1 aliphatic heterocycles. The van der Waals surface area contributed by atoms with Gasteiger partial charge in [-0.1, -0.05) is 0 Å². The zero-order valence-corrected chi connectivity index (χ0v) is 11.5. The summed E-state index contributed by atoms with van der Waals surface area (Å²) in [5.74, 6) is -0.169. The number of carbonyl (C=O) groups excluding carboxylic acids is 1. The van der Waals surface area contributed by atoms with Gasteiger partial charge in [-0.3, -0.25) is 14.8 Å². The minimum atomic E-state index is -4.40. The average Bonchev–Trinajstić information content (AvgIpc) is 2.92. The summed E-state index contributed by atoms with van der Waals surface area (Å²) >= 11 is 0. The van der Waals surface area contributed by atoms with Gasteiger partial charge >= 0.3 is 6.18 Å². The fourth-order valence-electron chi connectivity index (χ4n) is 2.09. The molecule has 0 spiro atoms. The molecule has 1 unspecified atom stereocenters. The number of hydrazine groups is 1. The van der Waals surface area contributed by atoms with Crippen LogP contribution in [-0.2, 0) is 22.3 Å². The lowest BCUT2D eigenvalue weighted by molar-refractivity contribution is -0.137. The summed E-state index contributed by atoms with van der Waals surface area (Å²) in [4.78, 5) is 15.3. The summed E-state index contributed by atoms with van der Waals surface area (Å²) < 4.78 is 42.5. The Balaban J connectivity index is 1.96. The molecule has 0 aromatic carbocycles. The third-order valence-corrected chi connectivity index (χ3v) is 3.19. The number of nitrogens with one attached hydrogen (secondary N) is 1. The summed E-state index contributed by atoms with van der Waals surface area (Å²) in [5, 5.41) is 1.45. The Bertz CT molecular complexity index is 484. The van der Waals surface area contributed by atoms with Crippen LogP contribution in [0.5, 0.6) is 0 Å². The maximum Gasteiger partial charge on any atom is 0.417 e. The van der Waals surface area contributed by atoms with Crippen molar-refractivity contribution < 1.29 is 22.7 Å². The molecule has 1 aromatic heterocycles. The summed E-state index contributed by atoms with van der Waals surface area (Å²) in [6.45, 7) is 2.64. The number of aromatic nitrogens is 1. The molecule has 2 rings (SSSR count). The van der Waals surface area contributed by atoms with Crippen LogP contribution in [0.3, 0.4) is 0 Å². The second kappa shape index (κ2) is 6.40. The standard InChI is InChI=1S/C13H16F3N3O2/c1-9(20)19(12-4-5-21-8-12)18-7-11-3-2-10(6-17-11)13(14,15)16/h2-3,6,12,18H,4-5,7-8H2,1H3. The van der Waals surface area contributed by atoms with E-state index in [2.05, 4.69) is 10.4 Å². The normalized spacial score (nSPS) is 18.8. The molecule has 116 valence electrons. The molecule has 21 heavy (non-hydrogen) atoms. The number of alkyl halides is 3. The SMILES string of the molecule is CC(=O)N(NCc1ccc(C(F)(F)F)cn1)C1CCOC1. The smallest absolute Gasteiger partial charge is 0.379 e. The van der Waals surface area contributed by atoms with E-state index in [1.807, 2.05) is 0 Å². The van der Waals surface area contributed by atoms with Gasteiger partial charge in [-0.05, 0) is 18.6 Å². The number of hydrogen-bond donors (Lipinski definition) is 1. The van der Waals surface area contributed by atoms with Crippen molar-refractivity contribution in [3.63, 3.8) is 0 Å². The third kappa shape index (κ3) is 4.15. The van der Waals surface area contributed by atoms with Gasteiger partial charge in [0, 0.05) is 19.7 Å². The number of rotatable bonds is 4. The molecule has 1 saturated heterocycles. The Morgan fingerprint density at radius 3 is 2.76 bits per heavy atom. The van der Waals surface area contributed by atoms with Crippen LogP contribution in [-0.4, -0.2) is 35.2 Å². The van der Waals surface area contributed by atoms with Gasteiger partial charge in [0.15, 0.2) is 0 Å². The van der Waals surface area contributed by atoms with Crippen molar-refractivity contribution >= 4 is 5.91 Å². The molecule has 0 bridgehead atoms. The van der Waals surface area contributed by atoms with Crippen LogP contribution in [0.25, 0.3) is 0 Å². The second-order valence-electron chi connectivity index (χ2n) is 4.78. The van der Waals surface area contributed by atoms with Crippen LogP contribution >= 0.6 is 0 Å². The van der Waals surface area contributed by atoms with E-state index in [0.717, 1.165) is 18.7 Å². The Morgan fingerprint density at radius 1 is 1.52 bits per heavy atom. The Hall–Kier alpha value is -1.67. The van der Waals surface area contributed by atoms with E-state index in [-0.39, 0.29) is 18.5 Å². The van der Waals surface area contributed by atoms with Crippen LogP contribution < -0.4 is 5.43 Å². The van der Waals surface area contributed by atoms with Gasteiger partial charge in [0.05, 0.1) is 30.5 Å². The summed E-state index contributed by atoms with van der Waals surface area (Å²) in [6.07, 6.45) is -2.88. The first kappa shape index (κ1) is 15.7.